The number of rotatable bonds is 4. The van der Waals surface area contributed by atoms with Gasteiger partial charge in [-0.2, -0.15) is 4.52 Å². The number of methoxy groups -OCH3 is 1. The van der Waals surface area contributed by atoms with Crippen LogP contribution in [-0.4, -0.2) is 42.4 Å². The van der Waals surface area contributed by atoms with Crippen molar-refractivity contribution in [2.75, 3.05) is 7.11 Å². The lowest BCUT2D eigenvalue weighted by Crippen LogP contribution is -2.24. The molecule has 0 fully saturated rings. The predicted octanol–water partition coefficient (Wildman–Crippen LogP) is 0.223. The Bertz CT molecular complexity index is 797. The number of aryl methyl sites for hydroxylation is 1. The first-order valence-corrected chi connectivity index (χ1v) is 6.79. The van der Waals surface area contributed by atoms with Crippen LogP contribution in [0.5, 0.6) is 5.88 Å². The number of nitrogens with one attached hydrogen (secondary N) is 1. The SMILES string of the molecule is COc1ccc2nnc(CNC(=O)c3snnc3C)n2n1. The molecule has 0 unspecified atom stereocenters. The van der Waals surface area contributed by atoms with E-state index in [1.54, 1.807) is 19.1 Å². The molecule has 0 aromatic carbocycles. The highest BCUT2D eigenvalue weighted by atomic mass is 32.1. The summed E-state index contributed by atoms with van der Waals surface area (Å²) in [5.74, 6) is 0.701. The van der Waals surface area contributed by atoms with Crippen molar-refractivity contribution in [3.05, 3.63) is 28.5 Å². The number of hydrogen-bond acceptors (Lipinski definition) is 8. The van der Waals surface area contributed by atoms with Gasteiger partial charge in [-0.25, -0.2) is 0 Å². The van der Waals surface area contributed by atoms with Crippen molar-refractivity contribution in [2.45, 2.75) is 13.5 Å². The molecule has 0 saturated heterocycles. The molecule has 3 aromatic heterocycles. The summed E-state index contributed by atoms with van der Waals surface area (Å²) in [6, 6.07) is 3.43. The molecule has 0 atom stereocenters. The van der Waals surface area contributed by atoms with Crippen LogP contribution in [0.1, 0.15) is 21.2 Å². The molecule has 0 saturated carbocycles. The van der Waals surface area contributed by atoms with E-state index in [1.807, 2.05) is 0 Å². The monoisotopic (exact) mass is 305 g/mol. The van der Waals surface area contributed by atoms with Gasteiger partial charge < -0.3 is 10.1 Å². The largest absolute Gasteiger partial charge is 0.480 e. The van der Waals surface area contributed by atoms with E-state index in [1.165, 1.54) is 11.6 Å². The summed E-state index contributed by atoms with van der Waals surface area (Å²) in [7, 11) is 1.53. The topological polar surface area (TPSA) is 107 Å². The lowest BCUT2D eigenvalue weighted by Gasteiger charge is -2.03. The van der Waals surface area contributed by atoms with E-state index in [4.69, 9.17) is 4.74 Å². The first-order chi connectivity index (χ1) is 10.2. The van der Waals surface area contributed by atoms with Crippen LogP contribution in [0.15, 0.2) is 12.1 Å². The Labute approximate surface area is 123 Å². The Morgan fingerprint density at radius 3 is 2.95 bits per heavy atom. The number of hydrogen-bond donors (Lipinski definition) is 1. The van der Waals surface area contributed by atoms with Crippen molar-refractivity contribution >= 4 is 23.1 Å². The molecular weight excluding hydrogens is 294 g/mol. The number of ether oxygens (including phenoxy) is 1. The van der Waals surface area contributed by atoms with Crippen LogP contribution in [0.25, 0.3) is 5.65 Å². The minimum absolute atomic E-state index is 0.192. The molecule has 10 heteroatoms. The molecule has 3 rings (SSSR count). The predicted molar refractivity (Wildman–Crippen MR) is 73.2 cm³/mol. The maximum Gasteiger partial charge on any atom is 0.265 e. The molecule has 0 spiro atoms. The molecule has 0 aliphatic rings. The maximum atomic E-state index is 12.0. The summed E-state index contributed by atoms with van der Waals surface area (Å²) >= 11 is 1.05. The van der Waals surface area contributed by atoms with E-state index < -0.39 is 0 Å². The second-order valence-electron chi connectivity index (χ2n) is 4.13. The first kappa shape index (κ1) is 13.4. The Morgan fingerprint density at radius 2 is 2.24 bits per heavy atom. The molecule has 1 amide bonds. The third-order valence-corrected chi connectivity index (χ3v) is 3.60. The molecule has 21 heavy (non-hydrogen) atoms. The Kier molecular flexibility index (Phi) is 3.44. The molecule has 0 aliphatic heterocycles. The lowest BCUT2D eigenvalue weighted by atomic mass is 10.4. The summed E-state index contributed by atoms with van der Waals surface area (Å²) in [4.78, 5) is 12.5. The Hall–Kier alpha value is -2.62. The second-order valence-corrected chi connectivity index (χ2v) is 4.89. The van der Waals surface area contributed by atoms with Crippen LogP contribution in [-0.2, 0) is 6.54 Å². The first-order valence-electron chi connectivity index (χ1n) is 6.01. The molecule has 108 valence electrons. The number of carbonyl (C=O) groups excluding carboxylic acids is 1. The van der Waals surface area contributed by atoms with E-state index in [0.29, 0.717) is 27.9 Å². The van der Waals surface area contributed by atoms with Gasteiger partial charge in [0.2, 0.25) is 5.88 Å². The number of amides is 1. The molecule has 0 radical (unpaired) electrons. The molecule has 9 nitrogen and oxygen atoms in total. The van der Waals surface area contributed by atoms with Gasteiger partial charge in [0.05, 0.1) is 19.3 Å². The lowest BCUT2D eigenvalue weighted by molar-refractivity contribution is 0.0953. The molecule has 0 aliphatic carbocycles. The van der Waals surface area contributed by atoms with Crippen LogP contribution in [0.3, 0.4) is 0 Å². The third kappa shape index (κ3) is 2.52. The van der Waals surface area contributed by atoms with Crippen molar-refractivity contribution in [1.29, 1.82) is 0 Å². The van der Waals surface area contributed by atoms with Crippen molar-refractivity contribution < 1.29 is 9.53 Å². The molecule has 0 bridgehead atoms. The van der Waals surface area contributed by atoms with E-state index >= 15 is 0 Å². The fraction of sp³-hybridized carbons (Fsp3) is 0.273. The van der Waals surface area contributed by atoms with Crippen LogP contribution < -0.4 is 10.1 Å². The molecule has 3 heterocycles. The standard InChI is InChI=1S/C11H11N7O2S/c1-6-10(21-17-13-6)11(19)12-5-8-15-14-7-3-4-9(20-2)16-18(7)8/h3-4H,5H2,1-2H3,(H,12,19). The van der Waals surface area contributed by atoms with Gasteiger partial charge >= 0.3 is 0 Å². The fourth-order valence-electron chi connectivity index (χ4n) is 1.71. The van der Waals surface area contributed by atoms with Gasteiger partial charge in [-0.05, 0) is 24.5 Å². The average molecular weight is 305 g/mol. The summed E-state index contributed by atoms with van der Waals surface area (Å²) < 4.78 is 10.3. The minimum atomic E-state index is -0.248. The number of aromatic nitrogens is 6. The molecular formula is C11H11N7O2S. The number of fused-ring (bicyclic) bond motifs is 1. The zero-order valence-corrected chi connectivity index (χ0v) is 12.1. The second kappa shape index (κ2) is 5.40. The number of carbonyl (C=O) groups is 1. The van der Waals surface area contributed by atoms with Gasteiger partial charge in [0.1, 0.15) is 4.88 Å². The van der Waals surface area contributed by atoms with Gasteiger partial charge in [0.25, 0.3) is 5.91 Å². The summed E-state index contributed by atoms with van der Waals surface area (Å²) in [5.41, 5.74) is 1.18. The van der Waals surface area contributed by atoms with Gasteiger partial charge in [0.15, 0.2) is 11.5 Å². The Morgan fingerprint density at radius 1 is 1.38 bits per heavy atom. The van der Waals surface area contributed by atoms with Crippen molar-refractivity contribution in [3.63, 3.8) is 0 Å². The zero-order valence-electron chi connectivity index (χ0n) is 11.3. The highest BCUT2D eigenvalue weighted by Crippen LogP contribution is 2.10. The van der Waals surface area contributed by atoms with Gasteiger partial charge in [0, 0.05) is 6.07 Å². The molecule has 3 aromatic rings. The quantitative estimate of drug-likeness (QED) is 0.734. The highest BCUT2D eigenvalue weighted by molar-refractivity contribution is 7.07. The summed E-state index contributed by atoms with van der Waals surface area (Å²) in [6.07, 6.45) is 0. The van der Waals surface area contributed by atoms with Gasteiger partial charge in [-0.3, -0.25) is 4.79 Å². The van der Waals surface area contributed by atoms with Crippen LogP contribution >= 0.6 is 11.5 Å². The van der Waals surface area contributed by atoms with Crippen LogP contribution in [0, 0.1) is 6.92 Å². The summed E-state index contributed by atoms with van der Waals surface area (Å²) in [5, 5.41) is 18.7. The fourth-order valence-corrected chi connectivity index (χ4v) is 2.29. The van der Waals surface area contributed by atoms with Gasteiger partial charge in [-0.1, -0.05) is 4.49 Å². The zero-order chi connectivity index (χ0) is 14.8. The normalized spacial score (nSPS) is 10.8. The summed E-state index contributed by atoms with van der Waals surface area (Å²) in [6.45, 7) is 1.93. The van der Waals surface area contributed by atoms with Gasteiger partial charge in [-0.15, -0.1) is 20.4 Å². The van der Waals surface area contributed by atoms with Crippen molar-refractivity contribution in [2.24, 2.45) is 0 Å². The number of nitrogens with zero attached hydrogens (tertiary/aromatic N) is 6. The van der Waals surface area contributed by atoms with Crippen molar-refractivity contribution in [1.82, 2.24) is 34.7 Å². The highest BCUT2D eigenvalue weighted by Gasteiger charge is 2.14. The van der Waals surface area contributed by atoms with E-state index in [2.05, 4.69) is 30.2 Å². The average Bonchev–Trinajstić information content (AvgIpc) is 3.10. The van der Waals surface area contributed by atoms with Crippen molar-refractivity contribution in [3.8, 4) is 5.88 Å². The third-order valence-electron chi connectivity index (χ3n) is 2.78. The molecule has 1 N–H and O–H groups in total. The van der Waals surface area contributed by atoms with Crippen LogP contribution in [0.2, 0.25) is 0 Å². The Balaban J connectivity index is 1.79. The minimum Gasteiger partial charge on any atom is -0.480 e. The van der Waals surface area contributed by atoms with E-state index in [0.717, 1.165) is 11.5 Å². The maximum absolute atomic E-state index is 12.0. The van der Waals surface area contributed by atoms with E-state index in [-0.39, 0.29) is 12.5 Å². The smallest absolute Gasteiger partial charge is 0.265 e. The van der Waals surface area contributed by atoms with E-state index in [9.17, 15) is 4.79 Å². The van der Waals surface area contributed by atoms with Crippen LogP contribution in [0.4, 0.5) is 0 Å².